The zero-order chi connectivity index (χ0) is 23.9. The quantitative estimate of drug-likeness (QED) is 0.262. The summed E-state index contributed by atoms with van der Waals surface area (Å²) in [4.78, 5) is 12.3. The maximum atomic E-state index is 13.0. The monoisotopic (exact) mass is 487 g/mol. The number of nitrogen functional groups attached to an aromatic ring is 1. The second-order valence-corrected chi connectivity index (χ2v) is 7.50. The van der Waals surface area contributed by atoms with Gasteiger partial charge >= 0.3 is 6.18 Å². The molecule has 3 aromatic rings. The van der Waals surface area contributed by atoms with Crippen LogP contribution in [-0.4, -0.2) is 66.0 Å². The molecule has 176 valence electrons. The average molecular weight is 488 g/mol. The molecular formula is C18H17ClF3N7O4. The molecule has 2 aromatic heterocycles. The molecule has 0 saturated carbocycles. The third kappa shape index (κ3) is 4.43. The topological polar surface area (TPSA) is 164 Å². The molecule has 15 heteroatoms. The number of fused-ring (bicyclic) bond motifs is 1. The van der Waals surface area contributed by atoms with Crippen LogP contribution in [0.3, 0.4) is 0 Å². The van der Waals surface area contributed by atoms with Crippen LogP contribution in [0.15, 0.2) is 29.6 Å². The number of aromatic nitrogens is 4. The predicted octanol–water partition coefficient (Wildman–Crippen LogP) is 1.14. The van der Waals surface area contributed by atoms with E-state index < -0.39 is 47.9 Å². The molecule has 0 amide bonds. The van der Waals surface area contributed by atoms with Crippen LogP contribution in [0.2, 0.25) is 5.02 Å². The van der Waals surface area contributed by atoms with Gasteiger partial charge < -0.3 is 25.8 Å². The van der Waals surface area contributed by atoms with Gasteiger partial charge in [0.25, 0.3) is 0 Å². The Balaban J connectivity index is 1.59. The number of anilines is 2. The Hall–Kier alpha value is -3.04. The number of rotatable bonds is 5. The molecule has 1 aliphatic rings. The molecule has 1 fully saturated rings. The molecule has 0 bridgehead atoms. The summed E-state index contributed by atoms with van der Waals surface area (Å²) in [5, 5.41) is 32.9. The van der Waals surface area contributed by atoms with Crippen molar-refractivity contribution < 1.29 is 33.2 Å². The van der Waals surface area contributed by atoms with Crippen LogP contribution in [0.5, 0.6) is 0 Å². The smallest absolute Gasteiger partial charge is 0.394 e. The molecule has 0 radical (unpaired) electrons. The van der Waals surface area contributed by atoms with Crippen molar-refractivity contribution in [1.82, 2.24) is 19.5 Å². The number of nitrogens with one attached hydrogen (secondary N) is 1. The number of aliphatic hydroxyl groups is 3. The first-order valence-electron chi connectivity index (χ1n) is 9.38. The second kappa shape index (κ2) is 8.72. The zero-order valence-electron chi connectivity index (χ0n) is 16.5. The van der Waals surface area contributed by atoms with Gasteiger partial charge in [0.2, 0.25) is 5.95 Å². The van der Waals surface area contributed by atoms with Gasteiger partial charge in [-0.15, -0.1) is 0 Å². The number of aliphatic hydroxyl groups excluding tert-OH is 3. The minimum absolute atomic E-state index is 0.0472. The summed E-state index contributed by atoms with van der Waals surface area (Å²) in [5.74, 6) is -0.163. The molecule has 11 nitrogen and oxygen atoms in total. The lowest BCUT2D eigenvalue weighted by atomic mass is 10.1. The molecule has 3 heterocycles. The van der Waals surface area contributed by atoms with E-state index in [-0.39, 0.29) is 28.5 Å². The highest BCUT2D eigenvalue weighted by atomic mass is 35.5. The number of hydrogen-bond donors (Lipinski definition) is 5. The maximum absolute atomic E-state index is 13.0. The fraction of sp³-hybridized carbons (Fsp3) is 0.333. The summed E-state index contributed by atoms with van der Waals surface area (Å²) in [7, 11) is 0. The molecule has 6 N–H and O–H groups in total. The van der Waals surface area contributed by atoms with Crippen LogP contribution in [0.25, 0.3) is 11.2 Å². The second-order valence-electron chi connectivity index (χ2n) is 7.09. The first kappa shape index (κ1) is 23.1. The van der Waals surface area contributed by atoms with Crippen molar-refractivity contribution in [1.29, 1.82) is 0 Å². The third-order valence-corrected chi connectivity index (χ3v) is 5.24. The van der Waals surface area contributed by atoms with Gasteiger partial charge in [0.1, 0.15) is 23.8 Å². The van der Waals surface area contributed by atoms with E-state index in [9.17, 15) is 28.5 Å². The number of halogens is 4. The molecule has 4 atom stereocenters. The highest BCUT2D eigenvalue weighted by Crippen LogP contribution is 2.35. The molecule has 1 aromatic carbocycles. The summed E-state index contributed by atoms with van der Waals surface area (Å²) in [5.41, 5.74) is 7.78. The van der Waals surface area contributed by atoms with E-state index >= 15 is 0 Å². The van der Waals surface area contributed by atoms with Gasteiger partial charge in [-0.25, -0.2) is 10.4 Å². The Labute approximate surface area is 188 Å². The molecule has 0 aliphatic carbocycles. The summed E-state index contributed by atoms with van der Waals surface area (Å²) >= 11 is 5.60. The van der Waals surface area contributed by atoms with E-state index in [0.717, 1.165) is 18.3 Å². The number of nitrogens with zero attached hydrogens (tertiary/aromatic N) is 5. The molecule has 1 aliphatic heterocycles. The fourth-order valence-corrected chi connectivity index (χ4v) is 3.51. The lowest BCUT2D eigenvalue weighted by Crippen LogP contribution is -2.33. The normalized spacial score (nSPS) is 23.6. The summed E-state index contributed by atoms with van der Waals surface area (Å²) < 4.78 is 45.8. The van der Waals surface area contributed by atoms with Crippen molar-refractivity contribution >= 4 is 40.7 Å². The lowest BCUT2D eigenvalue weighted by Gasteiger charge is -2.16. The molecule has 1 saturated heterocycles. The SMILES string of the molecule is Nc1nc(N/N=C/c2ccc(Cl)c(C(F)(F)F)c2)nc2c1ncn2C1OC(CO)C(O)C1O. The Bertz CT molecular complexity index is 1210. The van der Waals surface area contributed by atoms with E-state index in [1.54, 1.807) is 0 Å². The van der Waals surface area contributed by atoms with E-state index in [1.807, 2.05) is 0 Å². The van der Waals surface area contributed by atoms with E-state index in [0.29, 0.717) is 0 Å². The van der Waals surface area contributed by atoms with Crippen LogP contribution in [0.1, 0.15) is 17.4 Å². The van der Waals surface area contributed by atoms with Crippen molar-refractivity contribution in [2.45, 2.75) is 30.7 Å². The molecule has 4 rings (SSSR count). The maximum Gasteiger partial charge on any atom is 0.417 e. The van der Waals surface area contributed by atoms with Gasteiger partial charge in [0, 0.05) is 0 Å². The highest BCUT2D eigenvalue weighted by molar-refractivity contribution is 6.31. The summed E-state index contributed by atoms with van der Waals surface area (Å²) in [6.45, 7) is -0.513. The third-order valence-electron chi connectivity index (χ3n) is 4.91. The van der Waals surface area contributed by atoms with Gasteiger partial charge in [-0.2, -0.15) is 28.2 Å². The minimum atomic E-state index is -4.62. The fourth-order valence-electron chi connectivity index (χ4n) is 3.29. The Morgan fingerprint density at radius 3 is 2.70 bits per heavy atom. The highest BCUT2D eigenvalue weighted by Gasteiger charge is 2.44. The standard InChI is InChI=1S/C18H17ClF3N7O4/c19-9-2-1-7(3-8(9)18(20,21)22)4-25-28-17-26-14(23)11-15(27-17)29(6-24-11)16-13(32)12(31)10(5-30)33-16/h1-4,6,10,12-13,16,30-32H,5H2,(H3,23,26,27,28)/b25-4+. The molecule has 0 spiro atoms. The van der Waals surface area contributed by atoms with Crippen LogP contribution in [0, 0.1) is 0 Å². The first-order valence-corrected chi connectivity index (χ1v) is 9.76. The zero-order valence-corrected chi connectivity index (χ0v) is 17.2. The number of imidazole rings is 1. The van der Waals surface area contributed by atoms with Gasteiger partial charge in [-0.3, -0.25) is 4.57 Å². The van der Waals surface area contributed by atoms with Crippen LogP contribution in [-0.2, 0) is 10.9 Å². The minimum Gasteiger partial charge on any atom is -0.394 e. The van der Waals surface area contributed by atoms with Crippen molar-refractivity contribution in [3.8, 4) is 0 Å². The number of hydrazone groups is 1. The number of nitrogens with two attached hydrogens (primary N) is 1. The largest absolute Gasteiger partial charge is 0.417 e. The van der Waals surface area contributed by atoms with Crippen LogP contribution in [0.4, 0.5) is 24.9 Å². The van der Waals surface area contributed by atoms with Gasteiger partial charge in [-0.1, -0.05) is 17.7 Å². The Kier molecular flexibility index (Phi) is 6.11. The Morgan fingerprint density at radius 2 is 2.03 bits per heavy atom. The molecular weight excluding hydrogens is 471 g/mol. The molecule has 33 heavy (non-hydrogen) atoms. The van der Waals surface area contributed by atoms with E-state index in [2.05, 4.69) is 25.5 Å². The number of benzene rings is 1. The summed E-state index contributed by atoms with van der Waals surface area (Å²) in [6, 6.07) is 3.28. The van der Waals surface area contributed by atoms with Crippen molar-refractivity contribution in [2.24, 2.45) is 5.10 Å². The van der Waals surface area contributed by atoms with E-state index in [1.165, 1.54) is 17.0 Å². The average Bonchev–Trinajstić information content (AvgIpc) is 3.30. The Morgan fingerprint density at radius 1 is 1.27 bits per heavy atom. The van der Waals surface area contributed by atoms with Crippen LogP contribution >= 0.6 is 11.6 Å². The number of hydrogen-bond acceptors (Lipinski definition) is 10. The van der Waals surface area contributed by atoms with E-state index in [4.69, 9.17) is 22.1 Å². The van der Waals surface area contributed by atoms with Gasteiger partial charge in [-0.05, 0) is 17.7 Å². The van der Waals surface area contributed by atoms with Crippen molar-refractivity contribution in [3.05, 3.63) is 40.7 Å². The lowest BCUT2D eigenvalue weighted by molar-refractivity contribution is -0.137. The van der Waals surface area contributed by atoms with Crippen LogP contribution < -0.4 is 11.2 Å². The number of alkyl halides is 3. The number of ether oxygens (including phenoxy) is 1. The predicted molar refractivity (Wildman–Crippen MR) is 110 cm³/mol. The van der Waals surface area contributed by atoms with Crippen molar-refractivity contribution in [3.63, 3.8) is 0 Å². The first-order chi connectivity index (χ1) is 15.6. The van der Waals surface area contributed by atoms with Crippen molar-refractivity contribution in [2.75, 3.05) is 17.8 Å². The van der Waals surface area contributed by atoms with Gasteiger partial charge in [0.05, 0.1) is 29.7 Å². The van der Waals surface area contributed by atoms with Gasteiger partial charge in [0.15, 0.2) is 17.7 Å². The molecule has 4 unspecified atom stereocenters. The summed E-state index contributed by atoms with van der Waals surface area (Å²) in [6.07, 6.45) is -7.07.